The fraction of sp³-hybridized carbons (Fsp3) is 0. The maximum Gasteiger partial charge on any atom is 0.0887 e. The van der Waals surface area contributed by atoms with Gasteiger partial charge in [0.05, 0.1) is 34.6 Å². The number of rotatable bonds is 2. The second-order valence-electron chi connectivity index (χ2n) is 6.78. The van der Waals surface area contributed by atoms with Gasteiger partial charge in [-0.25, -0.2) is 0 Å². The van der Waals surface area contributed by atoms with E-state index >= 15 is 0 Å². The Morgan fingerprint density at radius 3 is 2.48 bits per heavy atom. The number of nitrogens with one attached hydrogen (secondary N) is 2. The second-order valence-corrected chi connectivity index (χ2v) is 6.78. The molecule has 0 aliphatic rings. The lowest BCUT2D eigenvalue weighted by atomic mass is 10.1. The summed E-state index contributed by atoms with van der Waals surface area (Å²) < 4.78 is 2.12. The van der Waals surface area contributed by atoms with Gasteiger partial charge in [-0.3, -0.25) is 10.1 Å². The summed E-state index contributed by atoms with van der Waals surface area (Å²) in [5.74, 6) is 0. The number of pyridine rings is 1. The van der Waals surface area contributed by atoms with Crippen LogP contribution in [0.1, 0.15) is 0 Å². The van der Waals surface area contributed by atoms with Crippen LogP contribution in [0.2, 0.25) is 0 Å². The van der Waals surface area contributed by atoms with Crippen LogP contribution in [-0.2, 0) is 0 Å². The van der Waals surface area contributed by atoms with Crippen molar-refractivity contribution in [2.75, 3.05) is 0 Å². The molecule has 2 N–H and O–H groups in total. The number of hydrogen-bond donors (Lipinski definition) is 2. The predicted octanol–water partition coefficient (Wildman–Crippen LogP) is 5.05. The van der Waals surface area contributed by atoms with Crippen LogP contribution in [0, 0.1) is 0 Å². The Kier molecular flexibility index (Phi) is 2.82. The van der Waals surface area contributed by atoms with Crippen LogP contribution in [0.15, 0.2) is 79.4 Å². The molecule has 0 saturated carbocycles. The molecule has 0 bridgehead atoms. The van der Waals surface area contributed by atoms with Gasteiger partial charge >= 0.3 is 0 Å². The van der Waals surface area contributed by atoms with Gasteiger partial charge in [-0.05, 0) is 29.0 Å². The Labute approximate surface area is 154 Å². The lowest BCUT2D eigenvalue weighted by molar-refractivity contribution is 1.07. The summed E-state index contributed by atoms with van der Waals surface area (Å²) >= 11 is 0. The zero-order valence-corrected chi connectivity index (χ0v) is 14.3. The van der Waals surface area contributed by atoms with Crippen molar-refractivity contribution in [1.82, 2.24) is 24.7 Å². The van der Waals surface area contributed by atoms with Crippen molar-refractivity contribution in [1.29, 1.82) is 0 Å². The Balaban J connectivity index is 1.46. The van der Waals surface area contributed by atoms with Crippen LogP contribution in [0.4, 0.5) is 0 Å². The Morgan fingerprint density at radius 1 is 0.778 bits per heavy atom. The number of benzene rings is 2. The minimum Gasteiger partial charge on any atom is -0.353 e. The topological polar surface area (TPSA) is 62.3 Å². The van der Waals surface area contributed by atoms with E-state index in [1.165, 1.54) is 10.8 Å². The Hall–Kier alpha value is -3.86. The largest absolute Gasteiger partial charge is 0.353 e. The predicted molar refractivity (Wildman–Crippen MR) is 108 cm³/mol. The average Bonchev–Trinajstić information content (AvgIpc) is 3.42. The number of hydrogen-bond acceptors (Lipinski definition) is 2. The van der Waals surface area contributed by atoms with Crippen LogP contribution < -0.4 is 0 Å². The van der Waals surface area contributed by atoms with E-state index < -0.39 is 0 Å². The highest BCUT2D eigenvalue weighted by Crippen LogP contribution is 2.27. The first kappa shape index (κ1) is 14.3. The van der Waals surface area contributed by atoms with Crippen molar-refractivity contribution in [3.05, 3.63) is 79.4 Å². The van der Waals surface area contributed by atoms with E-state index in [1.54, 1.807) is 0 Å². The van der Waals surface area contributed by atoms with Crippen LogP contribution in [0.5, 0.6) is 0 Å². The molecule has 5 heteroatoms. The van der Waals surface area contributed by atoms with Gasteiger partial charge in [0.25, 0.3) is 0 Å². The van der Waals surface area contributed by atoms with Crippen LogP contribution in [-0.4, -0.2) is 24.7 Å². The van der Waals surface area contributed by atoms with Gasteiger partial charge in [0.2, 0.25) is 0 Å². The lowest BCUT2D eigenvalue weighted by Crippen LogP contribution is -1.90. The fourth-order valence-corrected chi connectivity index (χ4v) is 3.63. The highest BCUT2D eigenvalue weighted by molar-refractivity contribution is 5.88. The van der Waals surface area contributed by atoms with Crippen molar-refractivity contribution in [3.8, 4) is 16.9 Å². The van der Waals surface area contributed by atoms with Crippen LogP contribution in [0.25, 0.3) is 49.7 Å². The molecule has 0 aliphatic heterocycles. The molecule has 0 radical (unpaired) electrons. The maximum absolute atomic E-state index is 4.65. The van der Waals surface area contributed by atoms with E-state index in [1.807, 2.05) is 12.4 Å². The zero-order valence-electron chi connectivity index (χ0n) is 14.3. The van der Waals surface area contributed by atoms with E-state index in [9.17, 15) is 0 Å². The third kappa shape index (κ3) is 2.25. The standard InChI is InChI=1S/C22H15N5/c1-2-4-17-13-27(12-16(17)3-1)18-8-22-21(23-11-18)9-19(25-22)14-5-6-15-10-24-26-20(15)7-14/h1-13,25H,(H,24,26). The monoisotopic (exact) mass is 349 g/mol. The Bertz CT molecular complexity index is 1400. The lowest BCUT2D eigenvalue weighted by Gasteiger charge is -2.01. The van der Waals surface area contributed by atoms with Crippen molar-refractivity contribution in [2.24, 2.45) is 0 Å². The molecular weight excluding hydrogens is 334 g/mol. The molecule has 6 rings (SSSR count). The minimum atomic E-state index is 0.954. The van der Waals surface area contributed by atoms with Crippen molar-refractivity contribution >= 4 is 32.7 Å². The molecule has 4 heterocycles. The molecule has 0 atom stereocenters. The summed E-state index contributed by atoms with van der Waals surface area (Å²) in [5.41, 5.74) is 6.19. The molecular formula is C22H15N5. The van der Waals surface area contributed by atoms with Crippen molar-refractivity contribution in [3.63, 3.8) is 0 Å². The molecule has 4 aromatic heterocycles. The van der Waals surface area contributed by atoms with Crippen LogP contribution in [0.3, 0.4) is 0 Å². The highest BCUT2D eigenvalue weighted by atomic mass is 15.1. The first-order chi connectivity index (χ1) is 13.3. The van der Waals surface area contributed by atoms with E-state index in [2.05, 4.69) is 91.7 Å². The molecule has 128 valence electrons. The molecule has 0 fully saturated rings. The van der Waals surface area contributed by atoms with E-state index in [-0.39, 0.29) is 0 Å². The fourth-order valence-electron chi connectivity index (χ4n) is 3.63. The quantitative estimate of drug-likeness (QED) is 0.459. The molecule has 2 aromatic carbocycles. The minimum absolute atomic E-state index is 0.954. The Morgan fingerprint density at radius 2 is 1.63 bits per heavy atom. The van der Waals surface area contributed by atoms with Crippen molar-refractivity contribution in [2.45, 2.75) is 0 Å². The first-order valence-corrected chi connectivity index (χ1v) is 8.83. The molecule has 0 amide bonds. The van der Waals surface area contributed by atoms with E-state index in [0.717, 1.165) is 38.9 Å². The molecule has 27 heavy (non-hydrogen) atoms. The van der Waals surface area contributed by atoms with Crippen LogP contribution >= 0.6 is 0 Å². The van der Waals surface area contributed by atoms with E-state index in [0.29, 0.717) is 0 Å². The van der Waals surface area contributed by atoms with Gasteiger partial charge in [0, 0.05) is 29.0 Å². The SMILES string of the molecule is c1ccc2cn(-c3cnc4cc(-c5ccc6cn[nH]c6c5)[nH]c4c3)cc2c1. The highest BCUT2D eigenvalue weighted by Gasteiger charge is 2.08. The van der Waals surface area contributed by atoms with E-state index in [4.69, 9.17) is 0 Å². The summed E-state index contributed by atoms with van der Waals surface area (Å²) in [5, 5.41) is 10.7. The summed E-state index contributed by atoms with van der Waals surface area (Å²) in [4.78, 5) is 8.16. The maximum atomic E-state index is 4.65. The van der Waals surface area contributed by atoms with Gasteiger partial charge in [-0.2, -0.15) is 5.10 Å². The van der Waals surface area contributed by atoms with Gasteiger partial charge in [0.1, 0.15) is 0 Å². The number of nitrogens with zero attached hydrogens (tertiary/aromatic N) is 3. The summed E-state index contributed by atoms with van der Waals surface area (Å²) in [7, 11) is 0. The smallest absolute Gasteiger partial charge is 0.0887 e. The molecule has 6 aromatic rings. The number of fused-ring (bicyclic) bond motifs is 3. The molecule has 0 aliphatic carbocycles. The third-order valence-corrected chi connectivity index (χ3v) is 5.06. The zero-order chi connectivity index (χ0) is 17.8. The normalized spacial score (nSPS) is 11.7. The summed E-state index contributed by atoms with van der Waals surface area (Å²) in [6.45, 7) is 0. The van der Waals surface area contributed by atoms with Gasteiger partial charge in [-0.1, -0.05) is 36.4 Å². The van der Waals surface area contributed by atoms with Crippen molar-refractivity contribution < 1.29 is 0 Å². The van der Waals surface area contributed by atoms with Gasteiger partial charge in [-0.15, -0.1) is 0 Å². The molecule has 0 unspecified atom stereocenters. The average molecular weight is 349 g/mol. The third-order valence-electron chi connectivity index (χ3n) is 5.06. The molecule has 0 saturated heterocycles. The summed E-state index contributed by atoms with van der Waals surface area (Å²) in [6, 6.07) is 18.9. The summed E-state index contributed by atoms with van der Waals surface area (Å²) in [6.07, 6.45) is 8.01. The molecule has 0 spiro atoms. The van der Waals surface area contributed by atoms with Gasteiger partial charge in [0.15, 0.2) is 0 Å². The first-order valence-electron chi connectivity index (χ1n) is 8.83. The number of aromatic nitrogens is 5. The number of H-pyrrole nitrogens is 2. The molecule has 5 nitrogen and oxygen atoms in total. The number of aromatic amines is 2. The van der Waals surface area contributed by atoms with Gasteiger partial charge < -0.3 is 9.55 Å². The second kappa shape index (κ2) is 5.32.